The molecule has 1 aromatic carbocycles. The second-order valence-electron chi connectivity index (χ2n) is 8.09. The number of esters is 2. The minimum atomic E-state index is -0.452. The highest BCUT2D eigenvalue weighted by atomic mass is 16.6. The second kappa shape index (κ2) is 5.58. The van der Waals surface area contributed by atoms with Crippen molar-refractivity contribution in [3.63, 3.8) is 0 Å². The van der Waals surface area contributed by atoms with E-state index in [1.54, 1.807) is 0 Å². The Kier molecular flexibility index (Phi) is 3.47. The lowest BCUT2D eigenvalue weighted by Gasteiger charge is -2.56. The maximum Gasteiger partial charge on any atom is 0.308 e. The molecule has 0 saturated carbocycles. The van der Waals surface area contributed by atoms with Crippen LogP contribution in [0.25, 0.3) is 0 Å². The molecule has 3 atom stereocenters. The van der Waals surface area contributed by atoms with E-state index in [1.807, 2.05) is 0 Å². The Morgan fingerprint density at radius 2 is 1.93 bits per heavy atom. The van der Waals surface area contributed by atoms with Crippen molar-refractivity contribution in [1.29, 1.82) is 0 Å². The van der Waals surface area contributed by atoms with Gasteiger partial charge in [-0.25, -0.2) is 0 Å². The van der Waals surface area contributed by atoms with E-state index in [1.165, 1.54) is 13.8 Å². The predicted molar refractivity (Wildman–Crippen MR) is 97.4 cm³/mol. The van der Waals surface area contributed by atoms with E-state index in [-0.39, 0.29) is 11.2 Å². The number of rotatable bonds is 2. The highest BCUT2D eigenvalue weighted by Crippen LogP contribution is 2.67. The Balaban J connectivity index is 1.79. The summed E-state index contributed by atoms with van der Waals surface area (Å²) in [5, 5.41) is 0. The number of fused-ring (bicyclic) bond motifs is 3. The van der Waals surface area contributed by atoms with E-state index in [0.717, 1.165) is 49.1 Å². The van der Waals surface area contributed by atoms with Crippen LogP contribution in [-0.2, 0) is 21.4 Å². The molecule has 5 rings (SSSR count). The molecule has 0 unspecified atom stereocenters. The number of allylic oxidation sites excluding steroid dienone is 2. The van der Waals surface area contributed by atoms with Gasteiger partial charge in [-0.3, -0.25) is 9.59 Å². The van der Waals surface area contributed by atoms with Crippen molar-refractivity contribution < 1.29 is 23.8 Å². The molecule has 0 spiro atoms. The number of piperidine rings is 1. The van der Waals surface area contributed by atoms with Crippen molar-refractivity contribution in [3.05, 3.63) is 23.3 Å². The average molecular weight is 369 g/mol. The first-order chi connectivity index (χ1) is 12.9. The summed E-state index contributed by atoms with van der Waals surface area (Å²) in [4.78, 5) is 26.1. The Labute approximate surface area is 158 Å². The Hall–Kier alpha value is -2.34. The van der Waals surface area contributed by atoms with Gasteiger partial charge in [0.15, 0.2) is 11.5 Å². The molecule has 6 heteroatoms. The molecular weight excluding hydrogens is 346 g/mol. The minimum Gasteiger partial charge on any atom is -0.445 e. The lowest BCUT2D eigenvalue weighted by atomic mass is 9.54. The molecule has 0 radical (unpaired) electrons. The van der Waals surface area contributed by atoms with Crippen LogP contribution in [0.3, 0.4) is 0 Å². The van der Waals surface area contributed by atoms with Crippen LogP contribution in [-0.4, -0.2) is 36.5 Å². The van der Waals surface area contributed by atoms with Crippen LogP contribution in [0.2, 0.25) is 0 Å². The SMILES string of the molecule is CC(=O)Oc1c2c(c3c(c1OC(C)=O)[C@@]14C=CCC[C@H]1[C@@H](C3)N(C)CC4)O2. The Morgan fingerprint density at radius 1 is 1.19 bits per heavy atom. The normalized spacial score (nSPS) is 29.7. The van der Waals surface area contributed by atoms with Crippen molar-refractivity contribution in [2.45, 2.75) is 51.0 Å². The molecule has 2 heterocycles. The van der Waals surface area contributed by atoms with Crippen LogP contribution >= 0.6 is 0 Å². The summed E-state index contributed by atoms with van der Waals surface area (Å²) in [5.74, 6) is 1.55. The van der Waals surface area contributed by atoms with Gasteiger partial charge in [0.2, 0.25) is 11.5 Å². The fourth-order valence-electron chi connectivity index (χ4n) is 5.55. The number of likely N-dealkylation sites (tertiary alicyclic amines) is 1. The molecule has 27 heavy (non-hydrogen) atoms. The third-order valence-corrected chi connectivity index (χ3v) is 6.58. The predicted octanol–water partition coefficient (Wildman–Crippen LogP) is 3.11. The van der Waals surface area contributed by atoms with Crippen molar-refractivity contribution in [2.75, 3.05) is 13.6 Å². The van der Waals surface area contributed by atoms with Crippen LogP contribution in [0.1, 0.15) is 44.2 Å². The molecule has 1 fully saturated rings. The van der Waals surface area contributed by atoms with E-state index >= 15 is 0 Å². The van der Waals surface area contributed by atoms with Gasteiger partial charge in [-0.1, -0.05) is 12.2 Å². The number of ether oxygens (including phenoxy) is 3. The van der Waals surface area contributed by atoms with Crippen molar-refractivity contribution in [3.8, 4) is 23.0 Å². The number of benzene rings is 1. The molecular formula is C21H23NO5. The topological polar surface area (TPSA) is 68.4 Å². The lowest BCUT2D eigenvalue weighted by molar-refractivity contribution is -0.134. The highest BCUT2D eigenvalue weighted by molar-refractivity contribution is 5.84. The van der Waals surface area contributed by atoms with Crippen LogP contribution in [0.5, 0.6) is 23.0 Å². The van der Waals surface area contributed by atoms with Gasteiger partial charge in [-0.2, -0.15) is 0 Å². The van der Waals surface area contributed by atoms with E-state index < -0.39 is 11.9 Å². The van der Waals surface area contributed by atoms with Gasteiger partial charge in [0.1, 0.15) is 0 Å². The molecule has 2 bridgehead atoms. The van der Waals surface area contributed by atoms with E-state index in [9.17, 15) is 9.59 Å². The summed E-state index contributed by atoms with van der Waals surface area (Å²) < 4.78 is 16.9. The summed E-state index contributed by atoms with van der Waals surface area (Å²) >= 11 is 0. The monoisotopic (exact) mass is 369 g/mol. The Bertz CT molecular complexity index is 905. The first-order valence-electron chi connectivity index (χ1n) is 9.58. The summed E-state index contributed by atoms with van der Waals surface area (Å²) in [5.41, 5.74) is 1.90. The number of hydrogen-bond acceptors (Lipinski definition) is 6. The standard InChI is InChI=1S/C21H23NO5/c1-11(23)25-18-16-13(17-19(27-17)20(18)26-12(2)24)10-15-14-6-4-5-7-21(14,16)8-9-22(15)3/h5,7,14-15H,4,6,8-10H2,1-3H3/t14-,15+,21+/m0/s1. The molecule has 6 nitrogen and oxygen atoms in total. The summed E-state index contributed by atoms with van der Waals surface area (Å²) in [6, 6.07) is 0.439. The average Bonchev–Trinajstić information content (AvgIpc) is 3.41. The van der Waals surface area contributed by atoms with E-state index in [0.29, 0.717) is 23.5 Å². The van der Waals surface area contributed by atoms with Crippen LogP contribution in [0.15, 0.2) is 12.2 Å². The van der Waals surface area contributed by atoms with Gasteiger partial charge in [0.25, 0.3) is 0 Å². The first kappa shape index (κ1) is 16.8. The van der Waals surface area contributed by atoms with E-state index in [4.69, 9.17) is 14.2 Å². The minimum absolute atomic E-state index is 0.205. The molecule has 0 aromatic heterocycles. The fraction of sp³-hybridized carbons (Fsp3) is 0.524. The molecule has 1 aromatic rings. The van der Waals surface area contributed by atoms with Gasteiger partial charge in [-0.05, 0) is 45.2 Å². The third kappa shape index (κ3) is 2.29. The van der Waals surface area contributed by atoms with Crippen LogP contribution in [0, 0.1) is 5.92 Å². The zero-order valence-corrected chi connectivity index (χ0v) is 15.8. The zero-order chi connectivity index (χ0) is 18.9. The number of carbonyl (C=O) groups is 2. The molecule has 0 N–H and O–H groups in total. The summed E-state index contributed by atoms with van der Waals surface area (Å²) in [6.45, 7) is 3.70. The van der Waals surface area contributed by atoms with Crippen LogP contribution in [0.4, 0.5) is 0 Å². The number of hydrogen-bond donors (Lipinski definition) is 0. The smallest absolute Gasteiger partial charge is 0.308 e. The van der Waals surface area contributed by atoms with Crippen molar-refractivity contribution in [1.82, 2.24) is 4.90 Å². The van der Waals surface area contributed by atoms with Gasteiger partial charge in [-0.15, -0.1) is 0 Å². The van der Waals surface area contributed by atoms with Gasteiger partial charge in [0, 0.05) is 36.4 Å². The molecule has 2 aliphatic heterocycles. The quantitative estimate of drug-likeness (QED) is 0.351. The van der Waals surface area contributed by atoms with Gasteiger partial charge >= 0.3 is 11.9 Å². The number of carbonyl (C=O) groups excluding carboxylic acids is 2. The molecule has 2 aliphatic carbocycles. The van der Waals surface area contributed by atoms with Crippen LogP contribution < -0.4 is 14.2 Å². The van der Waals surface area contributed by atoms with Crippen molar-refractivity contribution in [2.24, 2.45) is 5.92 Å². The number of nitrogens with zero attached hydrogens (tertiary/aromatic N) is 1. The summed E-state index contributed by atoms with van der Waals surface area (Å²) in [6.07, 6.45) is 8.52. The van der Waals surface area contributed by atoms with Gasteiger partial charge < -0.3 is 19.1 Å². The maximum atomic E-state index is 11.9. The zero-order valence-electron chi connectivity index (χ0n) is 15.8. The third-order valence-electron chi connectivity index (χ3n) is 6.58. The summed E-state index contributed by atoms with van der Waals surface area (Å²) in [7, 11) is 2.19. The van der Waals surface area contributed by atoms with Gasteiger partial charge in [0.05, 0.1) is 0 Å². The maximum absolute atomic E-state index is 11.9. The Morgan fingerprint density at radius 3 is 2.67 bits per heavy atom. The fourth-order valence-corrected chi connectivity index (χ4v) is 5.55. The first-order valence-corrected chi connectivity index (χ1v) is 9.58. The highest BCUT2D eigenvalue weighted by Gasteiger charge is 2.57. The van der Waals surface area contributed by atoms with E-state index in [2.05, 4.69) is 24.1 Å². The molecule has 1 saturated heterocycles. The lowest BCUT2D eigenvalue weighted by Crippen LogP contribution is -2.58. The second-order valence-corrected chi connectivity index (χ2v) is 8.09. The molecule has 4 aliphatic rings. The molecule has 0 amide bonds. The largest absolute Gasteiger partial charge is 0.445 e. The molecule has 142 valence electrons. The number of likely N-dealkylation sites (N-methyl/N-ethyl adjacent to an activating group) is 1. The van der Waals surface area contributed by atoms with Crippen molar-refractivity contribution >= 4 is 11.9 Å².